The highest BCUT2D eigenvalue weighted by Crippen LogP contribution is 2.12. The lowest BCUT2D eigenvalue weighted by Gasteiger charge is -2.05. The Labute approximate surface area is 114 Å². The Hall–Kier alpha value is -1.02. The molecule has 0 bridgehead atoms. The van der Waals surface area contributed by atoms with Crippen molar-refractivity contribution in [3.8, 4) is 0 Å². The second-order valence-electron chi connectivity index (χ2n) is 3.44. The van der Waals surface area contributed by atoms with E-state index < -0.39 is 10.0 Å². The fraction of sp³-hybridized carbons (Fsp3) is 0.200. The zero-order chi connectivity index (χ0) is 13.0. The summed E-state index contributed by atoms with van der Waals surface area (Å²) in [6, 6.07) is 2.71. The van der Waals surface area contributed by atoms with Gasteiger partial charge in [-0.05, 0) is 12.1 Å². The quantitative estimate of drug-likeness (QED) is 0.854. The van der Waals surface area contributed by atoms with E-state index in [1.54, 1.807) is 5.51 Å². The Balaban J connectivity index is 1.99. The summed E-state index contributed by atoms with van der Waals surface area (Å²) in [6.07, 6.45) is 1.92. The van der Waals surface area contributed by atoms with Gasteiger partial charge in [0.1, 0.15) is 5.15 Å². The predicted molar refractivity (Wildman–Crippen MR) is 70.3 cm³/mol. The normalized spacial score (nSPS) is 11.6. The van der Waals surface area contributed by atoms with E-state index in [1.807, 2.05) is 5.38 Å². The van der Waals surface area contributed by atoms with Gasteiger partial charge in [-0.15, -0.1) is 11.3 Å². The van der Waals surface area contributed by atoms with Crippen LogP contribution in [-0.4, -0.2) is 24.9 Å². The standard InChI is InChI=1S/C10H10ClN3O2S2/c11-10-5-9(2-3-12-10)18(15,16)14-4-1-8-6-17-7-13-8/h2-3,5-7,14H,1,4H2. The van der Waals surface area contributed by atoms with Crippen molar-refractivity contribution in [3.63, 3.8) is 0 Å². The molecule has 18 heavy (non-hydrogen) atoms. The molecule has 0 saturated carbocycles. The molecule has 0 aliphatic carbocycles. The van der Waals surface area contributed by atoms with Crippen molar-refractivity contribution in [1.29, 1.82) is 0 Å². The highest BCUT2D eigenvalue weighted by Gasteiger charge is 2.13. The highest BCUT2D eigenvalue weighted by molar-refractivity contribution is 7.89. The largest absolute Gasteiger partial charge is 0.250 e. The van der Waals surface area contributed by atoms with Crippen molar-refractivity contribution in [1.82, 2.24) is 14.7 Å². The number of pyridine rings is 1. The van der Waals surface area contributed by atoms with Crippen LogP contribution in [0.15, 0.2) is 34.1 Å². The Morgan fingerprint density at radius 2 is 2.22 bits per heavy atom. The van der Waals surface area contributed by atoms with Crippen LogP contribution in [0.25, 0.3) is 0 Å². The number of hydrogen-bond acceptors (Lipinski definition) is 5. The molecular formula is C10H10ClN3O2S2. The van der Waals surface area contributed by atoms with Crippen LogP contribution in [0.3, 0.4) is 0 Å². The first-order valence-corrected chi connectivity index (χ1v) is 7.86. The fourth-order valence-electron chi connectivity index (χ4n) is 1.31. The first kappa shape index (κ1) is 13.4. The zero-order valence-corrected chi connectivity index (χ0v) is 11.6. The van der Waals surface area contributed by atoms with Crippen LogP contribution in [0.4, 0.5) is 0 Å². The average Bonchev–Trinajstić information content (AvgIpc) is 2.82. The number of rotatable bonds is 5. The van der Waals surface area contributed by atoms with Gasteiger partial charge in [0.05, 0.1) is 16.1 Å². The van der Waals surface area contributed by atoms with Gasteiger partial charge in [-0.2, -0.15) is 0 Å². The summed E-state index contributed by atoms with van der Waals surface area (Å²) < 4.78 is 26.3. The van der Waals surface area contributed by atoms with Gasteiger partial charge in [-0.1, -0.05) is 11.6 Å². The van der Waals surface area contributed by atoms with Crippen LogP contribution in [0.1, 0.15) is 5.69 Å². The Kier molecular flexibility index (Phi) is 4.28. The summed E-state index contributed by atoms with van der Waals surface area (Å²) in [6.45, 7) is 0.298. The molecule has 96 valence electrons. The van der Waals surface area contributed by atoms with E-state index in [0.717, 1.165) is 5.69 Å². The molecule has 8 heteroatoms. The molecule has 0 saturated heterocycles. The van der Waals surface area contributed by atoms with Gasteiger partial charge in [-0.3, -0.25) is 0 Å². The van der Waals surface area contributed by atoms with Gasteiger partial charge in [0.25, 0.3) is 0 Å². The third kappa shape index (κ3) is 3.49. The maximum atomic E-state index is 11.9. The molecule has 0 radical (unpaired) electrons. The molecule has 2 heterocycles. The second kappa shape index (κ2) is 5.75. The number of aromatic nitrogens is 2. The highest BCUT2D eigenvalue weighted by atomic mass is 35.5. The Bertz CT molecular complexity index is 614. The average molecular weight is 304 g/mol. The lowest BCUT2D eigenvalue weighted by atomic mass is 10.3. The molecule has 2 aromatic rings. The minimum atomic E-state index is -3.53. The first-order chi connectivity index (χ1) is 8.58. The predicted octanol–water partition coefficient (Wildman–Crippen LogP) is 1.71. The van der Waals surface area contributed by atoms with E-state index in [9.17, 15) is 8.42 Å². The number of thiazole rings is 1. The van der Waals surface area contributed by atoms with Gasteiger partial charge in [0, 0.05) is 24.5 Å². The maximum absolute atomic E-state index is 11.9. The summed E-state index contributed by atoms with van der Waals surface area (Å²) in [4.78, 5) is 7.93. The first-order valence-electron chi connectivity index (χ1n) is 5.06. The van der Waals surface area contributed by atoms with Crippen LogP contribution in [-0.2, 0) is 16.4 Å². The molecule has 0 unspecified atom stereocenters. The van der Waals surface area contributed by atoms with Gasteiger partial charge < -0.3 is 0 Å². The molecule has 0 aromatic carbocycles. The smallest absolute Gasteiger partial charge is 0.240 e. The van der Waals surface area contributed by atoms with Gasteiger partial charge in [0.15, 0.2) is 0 Å². The second-order valence-corrected chi connectivity index (χ2v) is 6.31. The molecule has 1 N–H and O–H groups in total. The summed E-state index contributed by atoms with van der Waals surface area (Å²) in [5.74, 6) is 0. The summed E-state index contributed by atoms with van der Waals surface area (Å²) in [7, 11) is -3.53. The molecule has 0 fully saturated rings. The van der Waals surface area contributed by atoms with E-state index in [-0.39, 0.29) is 10.0 Å². The minimum Gasteiger partial charge on any atom is -0.250 e. The lowest BCUT2D eigenvalue weighted by molar-refractivity contribution is 0.581. The van der Waals surface area contributed by atoms with Crippen molar-refractivity contribution >= 4 is 33.0 Å². The fourth-order valence-corrected chi connectivity index (χ4v) is 3.19. The zero-order valence-electron chi connectivity index (χ0n) is 9.21. The summed E-state index contributed by atoms with van der Waals surface area (Å²) >= 11 is 7.14. The number of nitrogens with one attached hydrogen (secondary N) is 1. The molecule has 0 spiro atoms. The van der Waals surface area contributed by atoms with Gasteiger partial charge in [0.2, 0.25) is 10.0 Å². The van der Waals surface area contributed by atoms with Crippen molar-refractivity contribution in [2.75, 3.05) is 6.54 Å². The number of hydrogen-bond donors (Lipinski definition) is 1. The SMILES string of the molecule is O=S(=O)(NCCc1cscn1)c1ccnc(Cl)c1. The molecule has 2 rings (SSSR count). The van der Waals surface area contributed by atoms with E-state index >= 15 is 0 Å². The number of sulfonamides is 1. The third-order valence-corrected chi connectivity index (χ3v) is 4.47. The Morgan fingerprint density at radius 1 is 1.39 bits per heavy atom. The van der Waals surface area contributed by atoms with Crippen molar-refractivity contribution in [3.05, 3.63) is 40.1 Å². The molecule has 0 amide bonds. The van der Waals surface area contributed by atoms with Crippen molar-refractivity contribution in [2.45, 2.75) is 11.3 Å². The van der Waals surface area contributed by atoms with E-state index in [0.29, 0.717) is 13.0 Å². The topological polar surface area (TPSA) is 72.0 Å². The molecule has 0 aliphatic rings. The molecule has 5 nitrogen and oxygen atoms in total. The number of nitrogens with zero attached hydrogens (tertiary/aromatic N) is 2. The van der Waals surface area contributed by atoms with Crippen LogP contribution in [0, 0.1) is 0 Å². The van der Waals surface area contributed by atoms with Crippen LogP contribution in [0.5, 0.6) is 0 Å². The van der Waals surface area contributed by atoms with Crippen LogP contribution < -0.4 is 4.72 Å². The van der Waals surface area contributed by atoms with Crippen LogP contribution >= 0.6 is 22.9 Å². The minimum absolute atomic E-state index is 0.112. The summed E-state index contributed by atoms with van der Waals surface area (Å²) in [5.41, 5.74) is 2.59. The van der Waals surface area contributed by atoms with E-state index in [1.165, 1.54) is 29.7 Å². The van der Waals surface area contributed by atoms with Crippen molar-refractivity contribution in [2.24, 2.45) is 0 Å². The van der Waals surface area contributed by atoms with Crippen LogP contribution in [0.2, 0.25) is 5.15 Å². The van der Waals surface area contributed by atoms with Gasteiger partial charge >= 0.3 is 0 Å². The maximum Gasteiger partial charge on any atom is 0.240 e. The lowest BCUT2D eigenvalue weighted by Crippen LogP contribution is -2.26. The summed E-state index contributed by atoms with van der Waals surface area (Å²) in [5, 5.41) is 2.04. The van der Waals surface area contributed by atoms with E-state index in [4.69, 9.17) is 11.6 Å². The van der Waals surface area contributed by atoms with E-state index in [2.05, 4.69) is 14.7 Å². The molecule has 2 aromatic heterocycles. The van der Waals surface area contributed by atoms with Crippen molar-refractivity contribution < 1.29 is 8.42 Å². The molecule has 0 atom stereocenters. The van der Waals surface area contributed by atoms with Gasteiger partial charge in [-0.25, -0.2) is 23.1 Å². The molecular weight excluding hydrogens is 294 g/mol. The third-order valence-electron chi connectivity index (χ3n) is 2.17. The number of halogens is 1. The molecule has 0 aliphatic heterocycles. The Morgan fingerprint density at radius 3 is 2.89 bits per heavy atom. The monoisotopic (exact) mass is 303 g/mol.